The fourth-order valence-corrected chi connectivity index (χ4v) is 0.734. The Kier molecular flexibility index (Phi) is 14.0. The molecule has 2 unspecified atom stereocenters. The minimum atomic E-state index is -1.15. The van der Waals surface area contributed by atoms with E-state index in [0.29, 0.717) is 0 Å². The van der Waals surface area contributed by atoms with Gasteiger partial charge >= 0.3 is 0 Å². The summed E-state index contributed by atoms with van der Waals surface area (Å²) in [7, 11) is 0. The second-order valence-corrected chi connectivity index (χ2v) is 3.37. The topological polar surface area (TPSA) is 186 Å². The van der Waals surface area contributed by atoms with Gasteiger partial charge in [0, 0.05) is 6.61 Å². The zero-order valence-electron chi connectivity index (χ0n) is 10.5. The van der Waals surface area contributed by atoms with Crippen LogP contribution in [0.3, 0.4) is 0 Å². The molecular formula is C8H18N2O10. The van der Waals surface area contributed by atoms with Crippen molar-refractivity contribution in [1.82, 2.24) is 0 Å². The molecule has 0 saturated heterocycles. The lowest BCUT2D eigenvalue weighted by Crippen LogP contribution is -2.20. The van der Waals surface area contributed by atoms with E-state index in [1.54, 1.807) is 0 Å². The second kappa shape index (κ2) is 13.7. The van der Waals surface area contributed by atoms with E-state index in [0.717, 1.165) is 0 Å². The van der Waals surface area contributed by atoms with Gasteiger partial charge in [0.2, 0.25) is 0 Å². The lowest BCUT2D eigenvalue weighted by Gasteiger charge is -2.07. The maximum atomic E-state index is 9.62. The minimum absolute atomic E-state index is 0.0677. The Morgan fingerprint density at radius 3 is 1.85 bits per heavy atom. The van der Waals surface area contributed by atoms with Crippen LogP contribution < -0.4 is 0 Å². The molecule has 0 aromatic heterocycles. The predicted molar refractivity (Wildman–Crippen MR) is 61.3 cm³/mol. The maximum absolute atomic E-state index is 9.62. The van der Waals surface area contributed by atoms with Gasteiger partial charge in [-0.3, -0.25) is 0 Å². The Bertz CT molecular complexity index is 264. The molecule has 0 heterocycles. The molecule has 0 aromatic carbocycles. The highest BCUT2D eigenvalue weighted by atomic mass is 17.0. The third-order valence-corrected chi connectivity index (χ3v) is 1.69. The molecule has 4 N–H and O–H groups in total. The number of rotatable bonds is 10. The van der Waals surface area contributed by atoms with Gasteiger partial charge < -0.3 is 30.1 Å². The quantitative estimate of drug-likeness (QED) is 0.256. The molecule has 0 rings (SSSR count). The zero-order chi connectivity index (χ0) is 16.0. The first-order valence-electron chi connectivity index (χ1n) is 5.45. The van der Waals surface area contributed by atoms with Crippen LogP contribution in [0.25, 0.3) is 0 Å². The zero-order valence-corrected chi connectivity index (χ0v) is 10.5. The molecule has 0 aliphatic carbocycles. The van der Waals surface area contributed by atoms with E-state index in [1.165, 1.54) is 0 Å². The van der Waals surface area contributed by atoms with Crippen molar-refractivity contribution < 1.29 is 40.3 Å². The molecule has 0 spiro atoms. The summed E-state index contributed by atoms with van der Waals surface area (Å²) in [6.07, 6.45) is -1.74. The molecule has 0 radical (unpaired) electrons. The smallest absolute Gasteiger partial charge is 0.294 e. The monoisotopic (exact) mass is 302 g/mol. The summed E-state index contributed by atoms with van der Waals surface area (Å²) in [6.45, 7) is -1.17. The number of hydrogen-bond donors (Lipinski definition) is 4. The lowest BCUT2D eigenvalue weighted by molar-refractivity contribution is -0.762. The second-order valence-electron chi connectivity index (χ2n) is 3.37. The molecule has 2 atom stereocenters. The van der Waals surface area contributed by atoms with Crippen LogP contribution in [0.2, 0.25) is 0 Å². The third kappa shape index (κ3) is 18.6. The highest BCUT2D eigenvalue weighted by Crippen LogP contribution is 1.93. The van der Waals surface area contributed by atoms with Gasteiger partial charge in [0.1, 0.15) is 6.61 Å². The number of nitrogens with zero attached hydrogens (tertiary/aromatic N) is 2. The predicted octanol–water partition coefficient (Wildman–Crippen LogP) is -2.12. The molecule has 0 saturated carbocycles. The first-order valence-corrected chi connectivity index (χ1v) is 5.45. The van der Waals surface area contributed by atoms with Crippen LogP contribution in [-0.4, -0.2) is 69.2 Å². The summed E-state index contributed by atoms with van der Waals surface area (Å²) in [6, 6.07) is 0. The molecule has 120 valence electrons. The van der Waals surface area contributed by atoms with E-state index >= 15 is 0 Å². The molecule has 12 nitrogen and oxygen atoms in total. The van der Waals surface area contributed by atoms with Crippen LogP contribution in [0.5, 0.6) is 0 Å². The normalized spacial score (nSPS) is 12.6. The summed E-state index contributed by atoms with van der Waals surface area (Å²) in [5, 5.41) is 50.7. The largest absolute Gasteiger partial charge is 0.396 e. The van der Waals surface area contributed by atoms with Crippen LogP contribution in [0.4, 0.5) is 0 Å². The van der Waals surface area contributed by atoms with Crippen LogP contribution in [0, 0.1) is 20.2 Å². The van der Waals surface area contributed by atoms with E-state index in [1.807, 2.05) is 0 Å². The van der Waals surface area contributed by atoms with Crippen molar-refractivity contribution in [1.29, 1.82) is 0 Å². The summed E-state index contributed by atoms with van der Waals surface area (Å²) in [4.78, 5) is 26.9. The summed E-state index contributed by atoms with van der Waals surface area (Å²) < 4.78 is 0. The Hall–Kier alpha value is -1.76. The minimum Gasteiger partial charge on any atom is -0.396 e. The van der Waals surface area contributed by atoms with Crippen LogP contribution >= 0.6 is 0 Å². The Labute approximate surface area is 113 Å². The molecule has 0 aliphatic rings. The molecular weight excluding hydrogens is 284 g/mol. The highest BCUT2D eigenvalue weighted by molar-refractivity contribution is 4.50. The van der Waals surface area contributed by atoms with Crippen molar-refractivity contribution in [2.75, 3.05) is 26.4 Å². The van der Waals surface area contributed by atoms with Crippen molar-refractivity contribution >= 4 is 0 Å². The maximum Gasteiger partial charge on any atom is 0.294 e. The standard InChI is InChI=1S/C4H8N2O7.C4H10O3/c7-4(3-13-6(10)11)1-2-12-5(8)9;5-2-1-4(7)3-6/h4,7H,1-3H2;4-7H,1-3H2. The number of hydrogen-bond acceptors (Lipinski definition) is 10. The molecule has 0 bridgehead atoms. The van der Waals surface area contributed by atoms with Crippen LogP contribution in [-0.2, 0) is 9.68 Å². The molecule has 0 amide bonds. The summed E-state index contributed by atoms with van der Waals surface area (Å²) in [5.41, 5.74) is 0. The van der Waals surface area contributed by atoms with Crippen molar-refractivity contribution in [3.05, 3.63) is 20.2 Å². The van der Waals surface area contributed by atoms with Crippen molar-refractivity contribution in [3.63, 3.8) is 0 Å². The molecule has 12 heteroatoms. The summed E-state index contributed by atoms with van der Waals surface area (Å²) >= 11 is 0. The SMILES string of the molecule is O=[N+]([O-])OCCC(O)CO[N+](=O)[O-].OCCC(O)CO. The molecule has 0 aromatic rings. The number of aliphatic hydroxyl groups excluding tert-OH is 4. The van der Waals surface area contributed by atoms with E-state index in [2.05, 4.69) is 9.68 Å². The molecule has 0 fully saturated rings. The third-order valence-electron chi connectivity index (χ3n) is 1.69. The fourth-order valence-electron chi connectivity index (χ4n) is 0.734. The highest BCUT2D eigenvalue weighted by Gasteiger charge is 2.07. The van der Waals surface area contributed by atoms with Crippen molar-refractivity contribution in [3.8, 4) is 0 Å². The van der Waals surface area contributed by atoms with Gasteiger partial charge in [-0.15, -0.1) is 20.2 Å². The van der Waals surface area contributed by atoms with Gasteiger partial charge in [-0.1, -0.05) is 0 Å². The van der Waals surface area contributed by atoms with Gasteiger partial charge in [-0.25, -0.2) is 0 Å². The average molecular weight is 302 g/mol. The lowest BCUT2D eigenvalue weighted by atomic mass is 10.3. The Morgan fingerprint density at radius 1 is 0.950 bits per heavy atom. The first kappa shape index (κ1) is 20.6. The van der Waals surface area contributed by atoms with Crippen LogP contribution in [0.1, 0.15) is 12.8 Å². The van der Waals surface area contributed by atoms with E-state index in [4.69, 9.17) is 20.4 Å². The Morgan fingerprint density at radius 2 is 1.50 bits per heavy atom. The summed E-state index contributed by atoms with van der Waals surface area (Å²) in [5.74, 6) is 0. The van der Waals surface area contributed by atoms with Crippen LogP contribution in [0.15, 0.2) is 0 Å². The average Bonchev–Trinajstić information content (AvgIpc) is 2.37. The molecule has 0 aliphatic heterocycles. The number of aliphatic hydroxyl groups is 4. The first-order chi connectivity index (χ1) is 9.33. The van der Waals surface area contributed by atoms with E-state index < -0.39 is 29.0 Å². The van der Waals surface area contributed by atoms with E-state index in [9.17, 15) is 20.2 Å². The fraction of sp³-hybridized carbons (Fsp3) is 1.00. The van der Waals surface area contributed by atoms with Gasteiger partial charge in [0.05, 0.1) is 25.4 Å². The van der Waals surface area contributed by atoms with Gasteiger partial charge in [0.15, 0.2) is 0 Å². The van der Waals surface area contributed by atoms with Crippen molar-refractivity contribution in [2.45, 2.75) is 25.0 Å². The van der Waals surface area contributed by atoms with E-state index in [-0.39, 0.29) is 32.7 Å². The van der Waals surface area contributed by atoms with Gasteiger partial charge in [-0.05, 0) is 12.8 Å². The van der Waals surface area contributed by atoms with Gasteiger partial charge in [-0.2, -0.15) is 0 Å². The van der Waals surface area contributed by atoms with Gasteiger partial charge in [0.25, 0.3) is 10.2 Å². The molecule has 20 heavy (non-hydrogen) atoms. The van der Waals surface area contributed by atoms with Crippen molar-refractivity contribution in [2.24, 2.45) is 0 Å². The Balaban J connectivity index is 0.